The summed E-state index contributed by atoms with van der Waals surface area (Å²) in [5, 5.41) is 6.81. The van der Waals surface area contributed by atoms with Gasteiger partial charge in [-0.1, -0.05) is 12.1 Å². The van der Waals surface area contributed by atoms with Crippen molar-refractivity contribution in [3.63, 3.8) is 0 Å². The molecule has 1 aliphatic rings. The summed E-state index contributed by atoms with van der Waals surface area (Å²) in [4.78, 5) is 13.2. The lowest BCUT2D eigenvalue weighted by Crippen LogP contribution is -2.62. The van der Waals surface area contributed by atoms with Crippen LogP contribution in [-0.2, 0) is 4.79 Å². The molecule has 0 aromatic heterocycles. The standard InChI is InChI=1S/C17H27N3OS/c1-16(2)9-12(10-17(3,4)20-16)19-15(21)11-22-14-8-6-5-7-13(14)18/h5-8,12,20H,9-11,18H2,1-4H3,(H,19,21). The number of anilines is 1. The Labute approximate surface area is 137 Å². The van der Waals surface area contributed by atoms with Crippen LogP contribution in [0.25, 0.3) is 0 Å². The summed E-state index contributed by atoms with van der Waals surface area (Å²) >= 11 is 1.49. The average molecular weight is 321 g/mol. The molecule has 22 heavy (non-hydrogen) atoms. The molecule has 0 radical (unpaired) electrons. The van der Waals surface area contributed by atoms with Crippen molar-refractivity contribution in [1.82, 2.24) is 10.6 Å². The summed E-state index contributed by atoms with van der Waals surface area (Å²) in [6.45, 7) is 8.75. The van der Waals surface area contributed by atoms with Gasteiger partial charge in [0.1, 0.15) is 0 Å². The summed E-state index contributed by atoms with van der Waals surface area (Å²) in [5.74, 6) is 0.477. The van der Waals surface area contributed by atoms with E-state index < -0.39 is 0 Å². The number of rotatable bonds is 4. The van der Waals surface area contributed by atoms with Crippen molar-refractivity contribution in [2.75, 3.05) is 11.5 Å². The van der Waals surface area contributed by atoms with Crippen LogP contribution >= 0.6 is 11.8 Å². The first-order valence-corrected chi connectivity index (χ1v) is 8.71. The highest BCUT2D eigenvalue weighted by molar-refractivity contribution is 8.00. The van der Waals surface area contributed by atoms with E-state index in [0.29, 0.717) is 5.75 Å². The molecule has 5 heteroatoms. The van der Waals surface area contributed by atoms with E-state index in [1.807, 2.05) is 24.3 Å². The highest BCUT2D eigenvalue weighted by atomic mass is 32.2. The molecule has 4 N–H and O–H groups in total. The lowest BCUT2D eigenvalue weighted by molar-refractivity contribution is -0.119. The van der Waals surface area contributed by atoms with Crippen LogP contribution in [0.1, 0.15) is 40.5 Å². The first-order valence-electron chi connectivity index (χ1n) is 7.73. The molecule has 0 aliphatic carbocycles. The van der Waals surface area contributed by atoms with Crippen molar-refractivity contribution in [2.45, 2.75) is 62.6 Å². The zero-order valence-corrected chi connectivity index (χ0v) is 14.7. The third-order valence-electron chi connectivity index (χ3n) is 3.83. The Morgan fingerprint density at radius 1 is 1.27 bits per heavy atom. The Balaban J connectivity index is 1.88. The molecule has 2 rings (SSSR count). The smallest absolute Gasteiger partial charge is 0.230 e. The fourth-order valence-electron chi connectivity index (χ4n) is 3.45. The molecular weight excluding hydrogens is 294 g/mol. The maximum atomic E-state index is 12.2. The van der Waals surface area contributed by atoms with Gasteiger partial charge >= 0.3 is 0 Å². The number of carbonyl (C=O) groups excluding carboxylic acids is 1. The van der Waals surface area contributed by atoms with E-state index in [9.17, 15) is 4.79 Å². The predicted octanol–water partition coefficient (Wildman–Crippen LogP) is 2.79. The van der Waals surface area contributed by atoms with Crippen molar-refractivity contribution in [3.05, 3.63) is 24.3 Å². The molecule has 1 aliphatic heterocycles. The molecule has 1 heterocycles. The molecule has 1 amide bonds. The van der Waals surface area contributed by atoms with E-state index in [-0.39, 0.29) is 23.0 Å². The minimum atomic E-state index is 0.0384. The second-order valence-electron chi connectivity index (χ2n) is 7.39. The van der Waals surface area contributed by atoms with Crippen molar-refractivity contribution in [2.24, 2.45) is 0 Å². The van der Waals surface area contributed by atoms with Gasteiger partial charge in [-0.05, 0) is 52.7 Å². The quantitative estimate of drug-likeness (QED) is 0.589. The number of nitrogens with two attached hydrogens (primary N) is 1. The summed E-state index contributed by atoms with van der Waals surface area (Å²) in [5.41, 5.74) is 6.70. The Morgan fingerprint density at radius 2 is 1.86 bits per heavy atom. The fourth-order valence-corrected chi connectivity index (χ4v) is 4.23. The van der Waals surface area contributed by atoms with Gasteiger partial charge < -0.3 is 16.4 Å². The van der Waals surface area contributed by atoms with E-state index in [2.05, 4.69) is 38.3 Å². The van der Waals surface area contributed by atoms with E-state index in [0.717, 1.165) is 23.4 Å². The van der Waals surface area contributed by atoms with Crippen LogP contribution in [0.5, 0.6) is 0 Å². The lowest BCUT2D eigenvalue weighted by Gasteiger charge is -2.46. The molecular formula is C17H27N3OS. The number of amides is 1. The number of nitrogen functional groups attached to an aromatic ring is 1. The summed E-state index contributed by atoms with van der Waals surface area (Å²) in [7, 11) is 0. The minimum absolute atomic E-state index is 0.0384. The lowest BCUT2D eigenvalue weighted by atomic mass is 9.79. The topological polar surface area (TPSA) is 67.2 Å². The first kappa shape index (κ1) is 17.2. The molecule has 1 saturated heterocycles. The largest absolute Gasteiger partial charge is 0.398 e. The van der Waals surface area contributed by atoms with Crippen LogP contribution < -0.4 is 16.4 Å². The van der Waals surface area contributed by atoms with Gasteiger partial charge in [-0.2, -0.15) is 0 Å². The van der Waals surface area contributed by atoms with Gasteiger partial charge in [0.05, 0.1) is 5.75 Å². The maximum absolute atomic E-state index is 12.2. The second kappa shape index (κ2) is 6.50. The van der Waals surface area contributed by atoms with Crippen LogP contribution in [0.15, 0.2) is 29.2 Å². The molecule has 122 valence electrons. The van der Waals surface area contributed by atoms with Gasteiger partial charge in [-0.3, -0.25) is 4.79 Å². The number of thioether (sulfide) groups is 1. The van der Waals surface area contributed by atoms with Gasteiger partial charge in [-0.25, -0.2) is 0 Å². The molecule has 0 unspecified atom stereocenters. The van der Waals surface area contributed by atoms with E-state index in [4.69, 9.17) is 5.73 Å². The van der Waals surface area contributed by atoms with Crippen LogP contribution in [0.3, 0.4) is 0 Å². The number of piperidine rings is 1. The third kappa shape index (κ3) is 4.92. The van der Waals surface area contributed by atoms with E-state index >= 15 is 0 Å². The molecule has 0 atom stereocenters. The molecule has 1 aromatic carbocycles. The number of nitrogens with one attached hydrogen (secondary N) is 2. The molecule has 0 spiro atoms. The van der Waals surface area contributed by atoms with Crippen LogP contribution in [0.4, 0.5) is 5.69 Å². The fraction of sp³-hybridized carbons (Fsp3) is 0.588. The third-order valence-corrected chi connectivity index (χ3v) is 4.92. The number of para-hydroxylation sites is 1. The SMILES string of the molecule is CC1(C)CC(NC(=O)CSc2ccccc2N)CC(C)(C)N1. The summed E-state index contributed by atoms with van der Waals surface area (Å²) < 4.78 is 0. The van der Waals surface area contributed by atoms with Crippen molar-refractivity contribution in [1.29, 1.82) is 0 Å². The molecule has 1 fully saturated rings. The second-order valence-corrected chi connectivity index (χ2v) is 8.41. The van der Waals surface area contributed by atoms with Gasteiger partial charge in [-0.15, -0.1) is 11.8 Å². The summed E-state index contributed by atoms with van der Waals surface area (Å²) in [6, 6.07) is 7.86. The maximum Gasteiger partial charge on any atom is 0.230 e. The van der Waals surface area contributed by atoms with Gasteiger partial charge in [0, 0.05) is 27.7 Å². The monoisotopic (exact) mass is 321 g/mol. The number of benzene rings is 1. The van der Waals surface area contributed by atoms with E-state index in [1.165, 1.54) is 11.8 Å². The molecule has 1 aromatic rings. The van der Waals surface area contributed by atoms with Crippen molar-refractivity contribution in [3.8, 4) is 0 Å². The number of carbonyl (C=O) groups is 1. The number of hydrogen-bond donors (Lipinski definition) is 3. The van der Waals surface area contributed by atoms with Crippen LogP contribution in [0.2, 0.25) is 0 Å². The van der Waals surface area contributed by atoms with Crippen molar-refractivity contribution >= 4 is 23.4 Å². The van der Waals surface area contributed by atoms with Gasteiger partial charge in [0.25, 0.3) is 0 Å². The minimum Gasteiger partial charge on any atom is -0.398 e. The predicted molar refractivity (Wildman–Crippen MR) is 94.0 cm³/mol. The zero-order chi connectivity index (χ0) is 16.4. The highest BCUT2D eigenvalue weighted by Gasteiger charge is 2.38. The number of hydrogen-bond acceptors (Lipinski definition) is 4. The summed E-state index contributed by atoms with van der Waals surface area (Å²) in [6.07, 6.45) is 1.89. The van der Waals surface area contributed by atoms with Gasteiger partial charge in [0.2, 0.25) is 5.91 Å². The Bertz CT molecular complexity index is 526. The van der Waals surface area contributed by atoms with Gasteiger partial charge in [0.15, 0.2) is 0 Å². The Kier molecular flexibility index (Phi) is 5.07. The Morgan fingerprint density at radius 3 is 2.45 bits per heavy atom. The average Bonchev–Trinajstić information content (AvgIpc) is 2.33. The molecule has 4 nitrogen and oxygen atoms in total. The molecule has 0 bridgehead atoms. The Hall–Kier alpha value is -1.20. The molecule has 0 saturated carbocycles. The highest BCUT2D eigenvalue weighted by Crippen LogP contribution is 2.29. The zero-order valence-electron chi connectivity index (χ0n) is 13.9. The van der Waals surface area contributed by atoms with Crippen LogP contribution in [-0.4, -0.2) is 28.8 Å². The van der Waals surface area contributed by atoms with E-state index in [1.54, 1.807) is 0 Å². The van der Waals surface area contributed by atoms with Crippen LogP contribution in [0, 0.1) is 0 Å². The van der Waals surface area contributed by atoms with Crippen molar-refractivity contribution < 1.29 is 4.79 Å². The first-order chi connectivity index (χ1) is 10.2. The normalized spacial score (nSPS) is 20.5.